The van der Waals surface area contributed by atoms with Crippen LogP contribution in [0.3, 0.4) is 0 Å². The van der Waals surface area contributed by atoms with E-state index in [4.69, 9.17) is 0 Å². The second-order valence-electron chi connectivity index (χ2n) is 4.95. The van der Waals surface area contributed by atoms with E-state index in [0.717, 1.165) is 28.1 Å². The average molecular weight is 327 g/mol. The summed E-state index contributed by atoms with van der Waals surface area (Å²) in [4.78, 5) is 13.0. The fourth-order valence-electron chi connectivity index (χ4n) is 2.46. The molecule has 0 amide bonds. The summed E-state index contributed by atoms with van der Waals surface area (Å²) in [6.45, 7) is 0. The highest BCUT2D eigenvalue weighted by Gasteiger charge is 2.16. The fraction of sp³-hybridized carbons (Fsp3) is 0.533. The van der Waals surface area contributed by atoms with Crippen LogP contribution in [0.4, 0.5) is 0 Å². The van der Waals surface area contributed by atoms with Crippen LogP contribution in [0, 0.1) is 5.92 Å². The van der Waals surface area contributed by atoms with Gasteiger partial charge in [-0.05, 0) is 40.4 Å². The van der Waals surface area contributed by atoms with Gasteiger partial charge >= 0.3 is 0 Å². The predicted molar refractivity (Wildman–Crippen MR) is 81.1 cm³/mol. The van der Waals surface area contributed by atoms with Crippen molar-refractivity contribution in [2.75, 3.05) is 5.75 Å². The highest BCUT2D eigenvalue weighted by Crippen LogP contribution is 2.30. The summed E-state index contributed by atoms with van der Waals surface area (Å²) in [5.74, 6) is 1.82. The first-order chi connectivity index (χ1) is 8.75. The molecule has 0 heterocycles. The number of carbonyl (C=O) groups is 1. The monoisotopic (exact) mass is 326 g/mol. The molecule has 18 heavy (non-hydrogen) atoms. The van der Waals surface area contributed by atoms with E-state index < -0.39 is 0 Å². The van der Waals surface area contributed by atoms with Gasteiger partial charge in [0.1, 0.15) is 5.78 Å². The molecule has 0 bridgehead atoms. The molecule has 2 rings (SSSR count). The number of carbonyl (C=O) groups excluding carboxylic acids is 1. The van der Waals surface area contributed by atoms with E-state index in [1.165, 1.54) is 25.7 Å². The molecular weight excluding hydrogens is 308 g/mol. The molecular formula is C15H19BrOS. The van der Waals surface area contributed by atoms with E-state index in [-0.39, 0.29) is 0 Å². The first-order valence-electron chi connectivity index (χ1n) is 6.65. The number of benzene rings is 1. The van der Waals surface area contributed by atoms with Crippen LogP contribution in [-0.4, -0.2) is 11.5 Å². The quantitative estimate of drug-likeness (QED) is 0.678. The fourth-order valence-corrected chi connectivity index (χ4v) is 3.93. The van der Waals surface area contributed by atoms with Crippen molar-refractivity contribution in [3.63, 3.8) is 0 Å². The molecule has 1 aromatic rings. The van der Waals surface area contributed by atoms with Crippen LogP contribution in [0.2, 0.25) is 0 Å². The molecule has 0 radical (unpaired) electrons. The van der Waals surface area contributed by atoms with Crippen molar-refractivity contribution in [1.29, 1.82) is 0 Å². The van der Waals surface area contributed by atoms with Gasteiger partial charge in [0.15, 0.2) is 0 Å². The molecule has 0 saturated heterocycles. The third-order valence-electron chi connectivity index (χ3n) is 3.53. The SMILES string of the molecule is O=C(CCC1CCCC1)CSc1ccccc1Br. The van der Waals surface area contributed by atoms with E-state index in [1.807, 2.05) is 18.2 Å². The van der Waals surface area contributed by atoms with Crippen LogP contribution in [0.15, 0.2) is 33.6 Å². The Bertz CT molecular complexity index is 399. The average Bonchev–Trinajstić information content (AvgIpc) is 2.88. The summed E-state index contributed by atoms with van der Waals surface area (Å²) in [6.07, 6.45) is 7.28. The summed E-state index contributed by atoms with van der Waals surface area (Å²) in [5.41, 5.74) is 0. The third kappa shape index (κ3) is 4.43. The van der Waals surface area contributed by atoms with E-state index in [2.05, 4.69) is 22.0 Å². The molecule has 0 atom stereocenters. The molecule has 0 unspecified atom stereocenters. The number of hydrogen-bond acceptors (Lipinski definition) is 2. The van der Waals surface area contributed by atoms with Crippen LogP contribution in [0.25, 0.3) is 0 Å². The highest BCUT2D eigenvalue weighted by atomic mass is 79.9. The highest BCUT2D eigenvalue weighted by molar-refractivity contribution is 9.10. The van der Waals surface area contributed by atoms with E-state index in [1.54, 1.807) is 11.8 Å². The minimum atomic E-state index is 0.391. The molecule has 98 valence electrons. The topological polar surface area (TPSA) is 17.1 Å². The Hall–Kier alpha value is -0.280. The van der Waals surface area contributed by atoms with Crippen molar-refractivity contribution < 1.29 is 4.79 Å². The van der Waals surface area contributed by atoms with Crippen LogP contribution >= 0.6 is 27.7 Å². The second kappa shape index (κ2) is 7.34. The lowest BCUT2D eigenvalue weighted by Crippen LogP contribution is -2.04. The first kappa shape index (κ1) is 14.1. The molecule has 1 fully saturated rings. The van der Waals surface area contributed by atoms with Gasteiger partial charge in [-0.3, -0.25) is 4.79 Å². The third-order valence-corrected chi connectivity index (χ3v) is 5.62. The maximum absolute atomic E-state index is 11.8. The normalized spacial score (nSPS) is 16.1. The van der Waals surface area contributed by atoms with Crippen molar-refractivity contribution in [2.45, 2.75) is 43.4 Å². The Labute approximate surface area is 122 Å². The Morgan fingerprint density at radius 3 is 2.72 bits per heavy atom. The van der Waals surface area contributed by atoms with E-state index in [0.29, 0.717) is 11.5 Å². The smallest absolute Gasteiger partial charge is 0.143 e. The zero-order valence-corrected chi connectivity index (χ0v) is 12.9. The minimum absolute atomic E-state index is 0.391. The first-order valence-corrected chi connectivity index (χ1v) is 8.42. The maximum Gasteiger partial charge on any atom is 0.143 e. The summed E-state index contributed by atoms with van der Waals surface area (Å²) in [7, 11) is 0. The van der Waals surface area contributed by atoms with Gasteiger partial charge in [0.25, 0.3) is 0 Å². The molecule has 0 aromatic heterocycles. The second-order valence-corrected chi connectivity index (χ2v) is 6.82. The van der Waals surface area contributed by atoms with Crippen molar-refractivity contribution in [1.82, 2.24) is 0 Å². The summed E-state index contributed by atoms with van der Waals surface area (Å²) in [6, 6.07) is 8.08. The van der Waals surface area contributed by atoms with Gasteiger partial charge < -0.3 is 0 Å². The predicted octanol–water partition coefficient (Wildman–Crippen LogP) is 5.08. The van der Waals surface area contributed by atoms with E-state index >= 15 is 0 Å². The maximum atomic E-state index is 11.8. The molecule has 1 aromatic carbocycles. The van der Waals surface area contributed by atoms with Gasteiger partial charge in [0, 0.05) is 15.8 Å². The lowest BCUT2D eigenvalue weighted by molar-refractivity contribution is -0.116. The largest absolute Gasteiger partial charge is 0.299 e. The van der Waals surface area contributed by atoms with Crippen LogP contribution < -0.4 is 0 Å². The zero-order chi connectivity index (χ0) is 12.8. The van der Waals surface area contributed by atoms with Crippen LogP contribution in [0.5, 0.6) is 0 Å². The molecule has 0 aliphatic heterocycles. The summed E-state index contributed by atoms with van der Waals surface area (Å²) < 4.78 is 1.08. The molecule has 1 aliphatic carbocycles. The Morgan fingerprint density at radius 1 is 1.28 bits per heavy atom. The van der Waals surface area contributed by atoms with Gasteiger partial charge in [0.05, 0.1) is 5.75 Å². The lowest BCUT2D eigenvalue weighted by atomic mass is 10.0. The number of rotatable bonds is 6. The van der Waals surface area contributed by atoms with Gasteiger partial charge in [-0.1, -0.05) is 37.8 Å². The minimum Gasteiger partial charge on any atom is -0.299 e. The Morgan fingerprint density at radius 2 is 2.00 bits per heavy atom. The van der Waals surface area contributed by atoms with Crippen molar-refractivity contribution in [3.8, 4) is 0 Å². The summed E-state index contributed by atoms with van der Waals surface area (Å²) in [5, 5.41) is 0. The summed E-state index contributed by atoms with van der Waals surface area (Å²) >= 11 is 5.15. The van der Waals surface area contributed by atoms with Crippen molar-refractivity contribution in [2.24, 2.45) is 5.92 Å². The molecule has 0 N–H and O–H groups in total. The van der Waals surface area contributed by atoms with Gasteiger partial charge in [0.2, 0.25) is 0 Å². The Balaban J connectivity index is 1.69. The van der Waals surface area contributed by atoms with Crippen molar-refractivity contribution >= 4 is 33.5 Å². The molecule has 3 heteroatoms. The lowest BCUT2D eigenvalue weighted by Gasteiger charge is -2.08. The number of halogens is 1. The Kier molecular flexibility index (Phi) is 5.77. The number of ketones is 1. The van der Waals surface area contributed by atoms with Gasteiger partial charge in [-0.25, -0.2) is 0 Å². The van der Waals surface area contributed by atoms with E-state index in [9.17, 15) is 4.79 Å². The standard InChI is InChI=1S/C15H19BrOS/c16-14-7-3-4-8-15(14)18-11-13(17)10-9-12-5-1-2-6-12/h3-4,7-8,12H,1-2,5-6,9-11H2. The number of thioether (sulfide) groups is 1. The molecule has 1 aliphatic rings. The van der Waals surface area contributed by atoms with Crippen LogP contribution in [0.1, 0.15) is 38.5 Å². The van der Waals surface area contributed by atoms with Crippen LogP contribution in [-0.2, 0) is 4.79 Å². The molecule has 0 spiro atoms. The van der Waals surface area contributed by atoms with Gasteiger partial charge in [-0.15, -0.1) is 11.8 Å². The van der Waals surface area contributed by atoms with Crippen molar-refractivity contribution in [3.05, 3.63) is 28.7 Å². The van der Waals surface area contributed by atoms with Gasteiger partial charge in [-0.2, -0.15) is 0 Å². The zero-order valence-electron chi connectivity index (χ0n) is 10.5. The molecule has 1 saturated carbocycles. The number of hydrogen-bond donors (Lipinski definition) is 0. The number of Topliss-reactive ketones (excluding diaryl/α,β-unsaturated/α-hetero) is 1. The molecule has 1 nitrogen and oxygen atoms in total.